The van der Waals surface area contributed by atoms with Crippen LogP contribution in [0.3, 0.4) is 0 Å². The zero-order valence-corrected chi connectivity index (χ0v) is 17.5. The van der Waals surface area contributed by atoms with Crippen molar-refractivity contribution < 1.29 is 19.5 Å². The van der Waals surface area contributed by atoms with Crippen LogP contribution in [-0.4, -0.2) is 22.9 Å². The fraction of sp³-hybridized carbons (Fsp3) is 0.192. The predicted molar refractivity (Wildman–Crippen MR) is 124 cm³/mol. The number of para-hydroxylation sites is 1. The molecule has 3 aromatic carbocycles. The maximum absolute atomic E-state index is 13.2. The van der Waals surface area contributed by atoms with Crippen LogP contribution >= 0.6 is 0 Å². The minimum atomic E-state index is -0.900. The number of rotatable bonds is 6. The van der Waals surface area contributed by atoms with E-state index in [0.717, 1.165) is 17.5 Å². The van der Waals surface area contributed by atoms with Gasteiger partial charge >= 0.3 is 12.0 Å². The first-order valence-electron chi connectivity index (χ1n) is 10.6. The molecule has 1 saturated carbocycles. The summed E-state index contributed by atoms with van der Waals surface area (Å²) in [5, 5.41) is 15.0. The molecule has 3 aromatic rings. The molecule has 1 fully saturated rings. The molecule has 2 atom stereocenters. The Kier molecular flexibility index (Phi) is 6.31. The van der Waals surface area contributed by atoms with Crippen LogP contribution in [-0.2, 0) is 4.79 Å². The van der Waals surface area contributed by atoms with Crippen LogP contribution < -0.4 is 10.6 Å². The van der Waals surface area contributed by atoms with Gasteiger partial charge in [-0.2, -0.15) is 0 Å². The standard InChI is InChI=1S/C26H24N2O4/c29-24(22-11-6-12-23(22)25(30)31)21-10-5-4-9-20(21)17-13-15-19(16-14-17)28-26(32)27-18-7-2-1-3-8-18/h1-5,7-10,13-16,22-23H,6,11-12H2,(H,30,31)(H2,27,28,32)/t22-,23-/m1/s1. The summed E-state index contributed by atoms with van der Waals surface area (Å²) in [6.45, 7) is 0. The Labute approximate surface area is 186 Å². The van der Waals surface area contributed by atoms with Gasteiger partial charge in [0.2, 0.25) is 0 Å². The Balaban J connectivity index is 1.50. The highest BCUT2D eigenvalue weighted by Gasteiger charge is 2.38. The molecule has 1 aliphatic rings. The Bertz CT molecular complexity index is 1130. The second-order valence-corrected chi connectivity index (χ2v) is 7.91. The van der Waals surface area contributed by atoms with E-state index in [0.29, 0.717) is 29.8 Å². The molecule has 1 aliphatic carbocycles. The smallest absolute Gasteiger partial charge is 0.323 e. The van der Waals surface area contributed by atoms with Gasteiger partial charge in [0.1, 0.15) is 0 Å². The highest BCUT2D eigenvalue weighted by molar-refractivity contribution is 6.05. The topological polar surface area (TPSA) is 95.5 Å². The first-order valence-corrected chi connectivity index (χ1v) is 10.6. The lowest BCUT2D eigenvalue weighted by Gasteiger charge is -2.17. The van der Waals surface area contributed by atoms with Crippen molar-refractivity contribution in [2.45, 2.75) is 19.3 Å². The minimum absolute atomic E-state index is 0.116. The molecule has 4 rings (SSSR count). The maximum atomic E-state index is 13.2. The number of carboxylic acids is 1. The monoisotopic (exact) mass is 428 g/mol. The summed E-state index contributed by atoms with van der Waals surface area (Å²) in [5.74, 6) is -2.13. The van der Waals surface area contributed by atoms with Gasteiger partial charge in [0.15, 0.2) is 5.78 Å². The lowest BCUT2D eigenvalue weighted by atomic mass is 9.85. The van der Waals surface area contributed by atoms with Crippen LogP contribution in [0.1, 0.15) is 29.6 Å². The Morgan fingerprint density at radius 3 is 2.00 bits per heavy atom. The lowest BCUT2D eigenvalue weighted by molar-refractivity contribution is -0.142. The van der Waals surface area contributed by atoms with E-state index in [4.69, 9.17) is 0 Å². The maximum Gasteiger partial charge on any atom is 0.323 e. The molecular formula is C26H24N2O4. The zero-order chi connectivity index (χ0) is 22.5. The Morgan fingerprint density at radius 2 is 1.31 bits per heavy atom. The third kappa shape index (κ3) is 4.70. The normalized spacial score (nSPS) is 17.5. The number of hydrogen-bond donors (Lipinski definition) is 3. The van der Waals surface area contributed by atoms with Crippen molar-refractivity contribution in [1.82, 2.24) is 0 Å². The van der Waals surface area contributed by atoms with Gasteiger partial charge in [-0.15, -0.1) is 0 Å². The minimum Gasteiger partial charge on any atom is -0.481 e. The molecule has 0 radical (unpaired) electrons. The summed E-state index contributed by atoms with van der Waals surface area (Å²) in [6, 6.07) is 23.3. The van der Waals surface area contributed by atoms with Gasteiger partial charge in [0.25, 0.3) is 0 Å². The van der Waals surface area contributed by atoms with Crippen LogP contribution in [0.4, 0.5) is 16.2 Å². The first kappa shape index (κ1) is 21.3. The van der Waals surface area contributed by atoms with E-state index in [9.17, 15) is 19.5 Å². The highest BCUT2D eigenvalue weighted by atomic mass is 16.4. The number of nitrogens with one attached hydrogen (secondary N) is 2. The third-order valence-corrected chi connectivity index (χ3v) is 5.85. The summed E-state index contributed by atoms with van der Waals surface area (Å²) in [7, 11) is 0. The van der Waals surface area contributed by atoms with Crippen molar-refractivity contribution in [1.29, 1.82) is 0 Å². The van der Waals surface area contributed by atoms with Gasteiger partial charge in [-0.25, -0.2) is 4.79 Å². The molecule has 162 valence electrons. The molecule has 0 bridgehead atoms. The van der Waals surface area contributed by atoms with Gasteiger partial charge in [-0.1, -0.05) is 61.0 Å². The lowest BCUT2D eigenvalue weighted by Crippen LogP contribution is -2.25. The van der Waals surface area contributed by atoms with Crippen molar-refractivity contribution in [3.05, 3.63) is 84.4 Å². The molecule has 0 aromatic heterocycles. The number of anilines is 2. The van der Waals surface area contributed by atoms with E-state index in [-0.39, 0.29) is 11.8 Å². The number of carbonyl (C=O) groups is 3. The molecule has 0 unspecified atom stereocenters. The average Bonchev–Trinajstić information content (AvgIpc) is 3.30. The molecule has 0 aliphatic heterocycles. The van der Waals surface area contributed by atoms with E-state index >= 15 is 0 Å². The molecule has 2 amide bonds. The SMILES string of the molecule is O=C(Nc1ccccc1)Nc1ccc(-c2ccccc2C(=O)[C@@H]2CCC[C@H]2C(=O)O)cc1. The van der Waals surface area contributed by atoms with Gasteiger partial charge < -0.3 is 15.7 Å². The number of Topliss-reactive ketones (excluding diaryl/α,β-unsaturated/α-hetero) is 1. The van der Waals surface area contributed by atoms with Crippen molar-refractivity contribution >= 4 is 29.2 Å². The van der Waals surface area contributed by atoms with Crippen molar-refractivity contribution in [2.24, 2.45) is 11.8 Å². The van der Waals surface area contributed by atoms with Crippen LogP contribution in [0.25, 0.3) is 11.1 Å². The predicted octanol–water partition coefficient (Wildman–Crippen LogP) is 5.68. The molecule has 32 heavy (non-hydrogen) atoms. The second-order valence-electron chi connectivity index (χ2n) is 7.91. The van der Waals surface area contributed by atoms with Crippen molar-refractivity contribution in [3.63, 3.8) is 0 Å². The summed E-state index contributed by atoms with van der Waals surface area (Å²) in [5.41, 5.74) is 3.43. The largest absolute Gasteiger partial charge is 0.481 e. The number of carbonyl (C=O) groups excluding carboxylic acids is 2. The number of ketones is 1. The average molecular weight is 428 g/mol. The Morgan fingerprint density at radius 1 is 0.719 bits per heavy atom. The van der Waals surface area contributed by atoms with Crippen LogP contribution in [0, 0.1) is 11.8 Å². The fourth-order valence-corrected chi connectivity index (χ4v) is 4.27. The summed E-state index contributed by atoms with van der Waals surface area (Å²) >= 11 is 0. The molecule has 0 heterocycles. The van der Waals surface area contributed by atoms with Gasteiger partial charge in [-0.05, 0) is 48.2 Å². The van der Waals surface area contributed by atoms with Crippen molar-refractivity contribution in [2.75, 3.05) is 10.6 Å². The quantitative estimate of drug-likeness (QED) is 0.440. The van der Waals surface area contributed by atoms with Crippen LogP contribution in [0.15, 0.2) is 78.9 Å². The van der Waals surface area contributed by atoms with Crippen molar-refractivity contribution in [3.8, 4) is 11.1 Å². The van der Waals surface area contributed by atoms with Gasteiger partial charge in [0, 0.05) is 22.9 Å². The van der Waals surface area contributed by atoms with Gasteiger partial charge in [0.05, 0.1) is 5.92 Å². The number of aliphatic carboxylic acids is 1. The number of carboxylic acid groups (broad SMARTS) is 1. The molecule has 3 N–H and O–H groups in total. The van der Waals surface area contributed by atoms with E-state index in [1.807, 2.05) is 42.5 Å². The number of hydrogen-bond acceptors (Lipinski definition) is 3. The van der Waals surface area contributed by atoms with E-state index < -0.39 is 17.8 Å². The van der Waals surface area contributed by atoms with Gasteiger partial charge in [-0.3, -0.25) is 9.59 Å². The Hall–Kier alpha value is -3.93. The number of amides is 2. The summed E-state index contributed by atoms with van der Waals surface area (Å²) in [6.07, 6.45) is 1.89. The number of benzene rings is 3. The second kappa shape index (κ2) is 9.47. The molecule has 0 saturated heterocycles. The fourth-order valence-electron chi connectivity index (χ4n) is 4.27. The molecule has 6 heteroatoms. The number of urea groups is 1. The molecule has 6 nitrogen and oxygen atoms in total. The highest BCUT2D eigenvalue weighted by Crippen LogP contribution is 2.36. The molecule has 0 spiro atoms. The van der Waals surface area contributed by atoms with E-state index in [2.05, 4.69) is 10.6 Å². The molecular weight excluding hydrogens is 404 g/mol. The first-order chi connectivity index (χ1) is 15.5. The van der Waals surface area contributed by atoms with Crippen LogP contribution in [0.2, 0.25) is 0 Å². The zero-order valence-electron chi connectivity index (χ0n) is 17.5. The van der Waals surface area contributed by atoms with E-state index in [1.54, 1.807) is 36.4 Å². The third-order valence-electron chi connectivity index (χ3n) is 5.85. The van der Waals surface area contributed by atoms with E-state index in [1.165, 1.54) is 0 Å². The van der Waals surface area contributed by atoms with Crippen LogP contribution in [0.5, 0.6) is 0 Å². The summed E-state index contributed by atoms with van der Waals surface area (Å²) in [4.78, 5) is 37.0. The summed E-state index contributed by atoms with van der Waals surface area (Å²) < 4.78 is 0.